The first-order valence-corrected chi connectivity index (χ1v) is 10.7. The predicted molar refractivity (Wildman–Crippen MR) is 113 cm³/mol. The molecule has 1 amide bonds. The summed E-state index contributed by atoms with van der Waals surface area (Å²) in [5, 5.41) is 8.41. The van der Waals surface area contributed by atoms with Gasteiger partial charge in [0.1, 0.15) is 5.75 Å². The Bertz CT molecular complexity index is 883. The molecule has 0 radical (unpaired) electrons. The van der Waals surface area contributed by atoms with Gasteiger partial charge >= 0.3 is 0 Å². The number of hydrogen-bond donors (Lipinski definition) is 0. The summed E-state index contributed by atoms with van der Waals surface area (Å²) in [7, 11) is 1.72. The predicted octanol–water partition coefficient (Wildman–Crippen LogP) is 2.21. The summed E-state index contributed by atoms with van der Waals surface area (Å²) < 4.78 is 12.6. The van der Waals surface area contributed by atoms with Gasteiger partial charge in [0.05, 0.1) is 32.6 Å². The van der Waals surface area contributed by atoms with E-state index in [1.54, 1.807) is 12.0 Å². The Hall–Kier alpha value is -2.45. The third-order valence-electron chi connectivity index (χ3n) is 6.42. The zero-order chi connectivity index (χ0) is 21.1. The van der Waals surface area contributed by atoms with Gasteiger partial charge in [-0.3, -0.25) is 9.69 Å². The topological polar surface area (TPSA) is 72.7 Å². The van der Waals surface area contributed by atoms with Crippen molar-refractivity contribution in [2.75, 3.05) is 46.5 Å². The van der Waals surface area contributed by atoms with Crippen LogP contribution in [0, 0.1) is 13.8 Å². The summed E-state index contributed by atoms with van der Waals surface area (Å²) >= 11 is 0. The van der Waals surface area contributed by atoms with E-state index in [1.807, 2.05) is 10.9 Å². The second kappa shape index (κ2) is 9.14. The summed E-state index contributed by atoms with van der Waals surface area (Å²) in [6.07, 6.45) is 3.82. The summed E-state index contributed by atoms with van der Waals surface area (Å²) in [6.45, 7) is 9.65. The van der Waals surface area contributed by atoms with Gasteiger partial charge in [-0.25, -0.2) is 4.68 Å². The van der Waals surface area contributed by atoms with Crippen LogP contribution in [0.5, 0.6) is 5.75 Å². The number of piperidine rings is 1. The lowest BCUT2D eigenvalue weighted by atomic mass is 10.00. The molecule has 0 aliphatic carbocycles. The van der Waals surface area contributed by atoms with Crippen LogP contribution < -0.4 is 4.74 Å². The number of benzene rings is 1. The molecule has 4 rings (SSSR count). The van der Waals surface area contributed by atoms with Gasteiger partial charge in [-0.2, -0.15) is 0 Å². The number of carbonyl (C=O) groups excluding carboxylic acids is 1. The third-order valence-corrected chi connectivity index (χ3v) is 6.42. The first-order valence-electron chi connectivity index (χ1n) is 10.7. The smallest absolute Gasteiger partial charge is 0.276 e. The molecule has 0 unspecified atom stereocenters. The van der Waals surface area contributed by atoms with Crippen LogP contribution >= 0.6 is 0 Å². The van der Waals surface area contributed by atoms with Gasteiger partial charge in [0.25, 0.3) is 5.91 Å². The van der Waals surface area contributed by atoms with E-state index < -0.39 is 0 Å². The lowest BCUT2D eigenvalue weighted by molar-refractivity contribution is 0.0299. The summed E-state index contributed by atoms with van der Waals surface area (Å²) in [5.74, 6) is 0.899. The van der Waals surface area contributed by atoms with Crippen LogP contribution in [0.1, 0.15) is 46.1 Å². The van der Waals surface area contributed by atoms with E-state index in [0.717, 1.165) is 38.2 Å². The Balaban J connectivity index is 1.33. The van der Waals surface area contributed by atoms with Crippen molar-refractivity contribution < 1.29 is 14.3 Å². The molecule has 2 aliphatic rings. The van der Waals surface area contributed by atoms with Crippen molar-refractivity contribution in [1.29, 1.82) is 0 Å². The molecular weight excluding hydrogens is 382 g/mol. The number of nitrogens with zero attached hydrogens (tertiary/aromatic N) is 5. The Morgan fingerprint density at radius 3 is 2.57 bits per heavy atom. The van der Waals surface area contributed by atoms with Crippen molar-refractivity contribution >= 4 is 5.91 Å². The van der Waals surface area contributed by atoms with Crippen molar-refractivity contribution in [2.45, 2.75) is 39.3 Å². The Labute approximate surface area is 177 Å². The highest BCUT2D eigenvalue weighted by molar-refractivity contribution is 5.92. The Kier molecular flexibility index (Phi) is 6.34. The average Bonchev–Trinajstić information content (AvgIpc) is 3.28. The molecule has 162 valence electrons. The molecule has 2 aliphatic heterocycles. The zero-order valence-corrected chi connectivity index (χ0v) is 18.1. The lowest BCUT2D eigenvalue weighted by Crippen LogP contribution is -2.40. The van der Waals surface area contributed by atoms with E-state index >= 15 is 0 Å². The van der Waals surface area contributed by atoms with Gasteiger partial charge in [0.15, 0.2) is 5.69 Å². The van der Waals surface area contributed by atoms with E-state index in [-0.39, 0.29) is 5.91 Å². The molecule has 30 heavy (non-hydrogen) atoms. The number of hydrogen-bond acceptors (Lipinski definition) is 6. The molecule has 1 aromatic heterocycles. The van der Waals surface area contributed by atoms with E-state index in [1.165, 1.54) is 16.7 Å². The molecule has 3 heterocycles. The highest BCUT2D eigenvalue weighted by Crippen LogP contribution is 2.27. The monoisotopic (exact) mass is 413 g/mol. The van der Waals surface area contributed by atoms with E-state index in [9.17, 15) is 4.79 Å². The van der Waals surface area contributed by atoms with Gasteiger partial charge in [-0.1, -0.05) is 11.3 Å². The molecule has 0 spiro atoms. The molecule has 8 nitrogen and oxygen atoms in total. The molecule has 0 bridgehead atoms. The van der Waals surface area contributed by atoms with Crippen LogP contribution in [0.15, 0.2) is 18.3 Å². The van der Waals surface area contributed by atoms with Crippen molar-refractivity contribution in [1.82, 2.24) is 24.8 Å². The van der Waals surface area contributed by atoms with Gasteiger partial charge < -0.3 is 14.4 Å². The molecule has 2 aromatic rings. The number of aromatic nitrogens is 3. The van der Waals surface area contributed by atoms with Gasteiger partial charge in [0.2, 0.25) is 0 Å². The molecular formula is C22H31N5O3. The van der Waals surface area contributed by atoms with Crippen LogP contribution in [-0.2, 0) is 11.3 Å². The summed E-state index contributed by atoms with van der Waals surface area (Å²) in [4.78, 5) is 16.9. The molecule has 0 saturated carbocycles. The van der Waals surface area contributed by atoms with Crippen LogP contribution in [0.25, 0.3) is 0 Å². The normalized spacial score (nSPS) is 18.6. The number of morpholine rings is 1. The number of amides is 1. The number of methoxy groups -OCH3 is 1. The van der Waals surface area contributed by atoms with Crippen molar-refractivity contribution in [3.05, 3.63) is 40.7 Å². The quantitative estimate of drug-likeness (QED) is 0.748. The second-order valence-corrected chi connectivity index (χ2v) is 8.17. The second-order valence-electron chi connectivity index (χ2n) is 8.17. The van der Waals surface area contributed by atoms with Gasteiger partial charge in [-0.05, 0) is 49.4 Å². The summed E-state index contributed by atoms with van der Waals surface area (Å²) in [6, 6.07) is 4.53. The molecule has 1 aromatic carbocycles. The number of carbonyl (C=O) groups is 1. The van der Waals surface area contributed by atoms with E-state index in [2.05, 4.69) is 41.2 Å². The fraction of sp³-hybridized carbons (Fsp3) is 0.591. The third kappa shape index (κ3) is 4.34. The van der Waals surface area contributed by atoms with Crippen LogP contribution in [-0.4, -0.2) is 77.2 Å². The van der Waals surface area contributed by atoms with Crippen molar-refractivity contribution in [3.8, 4) is 5.75 Å². The highest BCUT2D eigenvalue weighted by atomic mass is 16.5. The largest absolute Gasteiger partial charge is 0.496 e. The minimum Gasteiger partial charge on any atom is -0.496 e. The van der Waals surface area contributed by atoms with Crippen LogP contribution in [0.3, 0.4) is 0 Å². The Morgan fingerprint density at radius 1 is 1.13 bits per heavy atom. The van der Waals surface area contributed by atoms with E-state index in [4.69, 9.17) is 9.47 Å². The molecule has 0 atom stereocenters. The molecule has 8 heteroatoms. The fourth-order valence-corrected chi connectivity index (χ4v) is 4.31. The minimum atomic E-state index is -0.0488. The average molecular weight is 414 g/mol. The highest BCUT2D eigenvalue weighted by Gasteiger charge is 2.25. The minimum absolute atomic E-state index is 0.0488. The first-order chi connectivity index (χ1) is 14.6. The fourth-order valence-electron chi connectivity index (χ4n) is 4.31. The molecule has 2 saturated heterocycles. The first kappa shape index (κ1) is 20.8. The van der Waals surface area contributed by atoms with Gasteiger partial charge in [-0.15, -0.1) is 5.10 Å². The van der Waals surface area contributed by atoms with Gasteiger partial charge in [0, 0.05) is 32.7 Å². The van der Waals surface area contributed by atoms with Crippen molar-refractivity contribution in [3.63, 3.8) is 0 Å². The maximum absolute atomic E-state index is 12.6. The molecule has 2 fully saturated rings. The number of rotatable bonds is 5. The van der Waals surface area contributed by atoms with Crippen LogP contribution in [0.4, 0.5) is 0 Å². The molecule has 0 N–H and O–H groups in total. The van der Waals surface area contributed by atoms with Crippen molar-refractivity contribution in [2.24, 2.45) is 0 Å². The Morgan fingerprint density at radius 2 is 1.87 bits per heavy atom. The van der Waals surface area contributed by atoms with E-state index in [0.29, 0.717) is 38.0 Å². The number of likely N-dealkylation sites (tertiary alicyclic amines) is 1. The van der Waals surface area contributed by atoms with Crippen LogP contribution in [0.2, 0.25) is 0 Å². The maximum Gasteiger partial charge on any atom is 0.276 e. The standard InChI is InChI=1S/C22H31N5O3/c1-16-17(2)21(29-3)5-4-18(16)14-25-8-6-19(7-9-25)27-15-20(23-24-27)22(28)26-10-12-30-13-11-26/h4-5,15,19H,6-14H2,1-3H3. The number of ether oxygens (including phenoxy) is 2. The maximum atomic E-state index is 12.6. The zero-order valence-electron chi connectivity index (χ0n) is 18.1. The SMILES string of the molecule is COc1ccc(CN2CCC(n3cc(C(=O)N4CCOCC4)nn3)CC2)c(C)c1C. The summed E-state index contributed by atoms with van der Waals surface area (Å²) in [5.41, 5.74) is 4.30. The lowest BCUT2D eigenvalue weighted by Gasteiger charge is -2.32.